The van der Waals surface area contributed by atoms with Crippen LogP contribution in [0.15, 0.2) is 91.4 Å². The number of aryl methyl sites for hydroxylation is 1. The van der Waals surface area contributed by atoms with Crippen molar-refractivity contribution in [1.82, 2.24) is 39.7 Å². The predicted molar refractivity (Wildman–Crippen MR) is 292 cm³/mol. The van der Waals surface area contributed by atoms with Crippen molar-refractivity contribution in [2.45, 2.75) is 76.4 Å². The highest BCUT2D eigenvalue weighted by molar-refractivity contribution is 6.05. The Labute approximate surface area is 438 Å². The monoisotopic (exact) mass is 1020 g/mol. The second kappa shape index (κ2) is 22.1. The number of amides is 2. The maximum atomic E-state index is 16.8. The van der Waals surface area contributed by atoms with E-state index in [4.69, 9.17) is 9.72 Å². The van der Waals surface area contributed by atoms with Gasteiger partial charge in [0.25, 0.3) is 5.91 Å². The number of ether oxygens (including phenoxy) is 1. The van der Waals surface area contributed by atoms with Crippen molar-refractivity contribution in [1.29, 1.82) is 0 Å². The maximum absolute atomic E-state index is 16.8. The number of carbonyl (C=O) groups excluding carboxylic acids is 2. The van der Waals surface area contributed by atoms with E-state index in [1.807, 2.05) is 30.5 Å². The molecule has 0 aliphatic carbocycles. The van der Waals surface area contributed by atoms with E-state index in [9.17, 15) is 14.0 Å². The van der Waals surface area contributed by atoms with E-state index < -0.39 is 5.82 Å². The lowest BCUT2D eigenvalue weighted by Gasteiger charge is -2.41. The topological polar surface area (TPSA) is 125 Å². The molecule has 3 aromatic carbocycles. The van der Waals surface area contributed by atoms with Crippen molar-refractivity contribution >= 4 is 51.2 Å². The molecule has 75 heavy (non-hydrogen) atoms. The number of benzene rings is 3. The maximum Gasteiger partial charge on any atom is 0.269 e. The molecular formula is C58H70F2N12O3. The number of aromatic nitrogens is 5. The average Bonchev–Trinajstić information content (AvgIpc) is 4.25. The number of piperidine rings is 2. The van der Waals surface area contributed by atoms with Gasteiger partial charge in [0.15, 0.2) is 5.82 Å². The molecule has 8 heterocycles. The number of anilines is 4. The molecule has 11 rings (SSSR count). The molecule has 0 bridgehead atoms. The van der Waals surface area contributed by atoms with Gasteiger partial charge in [0.05, 0.1) is 37.5 Å². The third kappa shape index (κ3) is 10.7. The van der Waals surface area contributed by atoms with E-state index >= 15 is 4.39 Å². The molecule has 4 fully saturated rings. The van der Waals surface area contributed by atoms with Crippen LogP contribution in [0.4, 0.5) is 31.7 Å². The first-order valence-electron chi connectivity index (χ1n) is 27.1. The van der Waals surface area contributed by atoms with Crippen LogP contribution >= 0.6 is 0 Å². The number of pyridine rings is 1. The Morgan fingerprint density at radius 3 is 2.37 bits per heavy atom. The highest BCUT2D eigenvalue weighted by Gasteiger charge is 2.41. The minimum atomic E-state index is -0.461. The van der Waals surface area contributed by atoms with E-state index in [2.05, 4.69) is 70.1 Å². The second-order valence-corrected chi connectivity index (χ2v) is 21.3. The molecule has 5 aliphatic heterocycles. The molecule has 0 unspecified atom stereocenters. The smallest absolute Gasteiger partial charge is 0.269 e. The highest BCUT2D eigenvalue weighted by Crippen LogP contribution is 2.43. The number of hydrogen-bond acceptors (Lipinski definition) is 11. The van der Waals surface area contributed by atoms with Gasteiger partial charge in [0, 0.05) is 144 Å². The summed E-state index contributed by atoms with van der Waals surface area (Å²) in [7, 11) is 5.02. The quantitative estimate of drug-likeness (QED) is 0.106. The summed E-state index contributed by atoms with van der Waals surface area (Å²) in [6.07, 6.45) is 16.3. The van der Waals surface area contributed by atoms with Gasteiger partial charge in [-0.2, -0.15) is 0 Å². The third-order valence-electron chi connectivity index (χ3n) is 16.6. The Kier molecular flexibility index (Phi) is 14.8. The number of methoxy groups -OCH3 is 1. The number of nitrogens with zero attached hydrogens (tertiary/aromatic N) is 11. The number of fused-ring (bicyclic) bond motifs is 2. The summed E-state index contributed by atoms with van der Waals surface area (Å²) in [5, 5.41) is 8.40. The lowest BCUT2D eigenvalue weighted by Crippen LogP contribution is -2.50. The van der Waals surface area contributed by atoms with Crippen molar-refractivity contribution in [3.05, 3.63) is 114 Å². The molecule has 4 saturated heterocycles. The first-order valence-corrected chi connectivity index (χ1v) is 27.1. The molecule has 5 aliphatic rings. The van der Waals surface area contributed by atoms with E-state index in [0.29, 0.717) is 53.9 Å². The van der Waals surface area contributed by atoms with Crippen molar-refractivity contribution in [2.75, 3.05) is 113 Å². The molecule has 6 aromatic rings. The summed E-state index contributed by atoms with van der Waals surface area (Å²) in [6, 6.07) is 22.2. The minimum absolute atomic E-state index is 0.0348. The number of nitrogens with one attached hydrogen (secondary N) is 1. The van der Waals surface area contributed by atoms with Gasteiger partial charge in [-0.15, -0.1) is 5.10 Å². The van der Waals surface area contributed by atoms with E-state index in [1.54, 1.807) is 55.3 Å². The first kappa shape index (κ1) is 50.2. The molecule has 15 nitrogen and oxygen atoms in total. The fourth-order valence-electron chi connectivity index (χ4n) is 12.6. The summed E-state index contributed by atoms with van der Waals surface area (Å²) >= 11 is 0. The molecular weight excluding hydrogens is 951 g/mol. The molecule has 2 atom stereocenters. The van der Waals surface area contributed by atoms with Gasteiger partial charge >= 0.3 is 0 Å². The molecule has 0 spiro atoms. The molecule has 17 heteroatoms. The molecule has 394 valence electrons. The third-order valence-corrected chi connectivity index (χ3v) is 16.6. The van der Waals surface area contributed by atoms with Crippen molar-refractivity contribution in [2.24, 2.45) is 5.92 Å². The van der Waals surface area contributed by atoms with Crippen molar-refractivity contribution < 1.29 is 23.1 Å². The van der Waals surface area contributed by atoms with Gasteiger partial charge in [-0.05, 0) is 123 Å². The molecule has 1 N–H and O–H groups in total. The summed E-state index contributed by atoms with van der Waals surface area (Å²) < 4.78 is 38.7. The normalized spacial score (nSPS) is 19.7. The average molecular weight is 1020 g/mol. The zero-order chi connectivity index (χ0) is 51.6. The Hall–Kier alpha value is -7.01. The van der Waals surface area contributed by atoms with Crippen LogP contribution in [-0.4, -0.2) is 157 Å². The lowest BCUT2D eigenvalue weighted by molar-refractivity contribution is -0.131. The van der Waals surface area contributed by atoms with Gasteiger partial charge < -0.3 is 39.1 Å². The van der Waals surface area contributed by atoms with Gasteiger partial charge in [0.2, 0.25) is 5.91 Å². The molecule has 0 saturated carbocycles. The summed E-state index contributed by atoms with van der Waals surface area (Å²) in [5.41, 5.74) is 6.49. The second-order valence-electron chi connectivity index (χ2n) is 21.3. The number of aromatic amines is 1. The number of piperazine rings is 1. The fraction of sp³-hybridized carbons (Fsp3) is 0.466. The first-order chi connectivity index (χ1) is 36.6. The van der Waals surface area contributed by atoms with E-state index in [1.165, 1.54) is 42.3 Å². The highest BCUT2D eigenvalue weighted by atomic mass is 19.1. The van der Waals surface area contributed by atoms with Gasteiger partial charge in [-0.25, -0.2) is 13.8 Å². The van der Waals surface area contributed by atoms with Gasteiger partial charge in [-0.3, -0.25) is 19.2 Å². The zero-order valence-electron chi connectivity index (χ0n) is 43.6. The largest absolute Gasteiger partial charge is 0.496 e. The van der Waals surface area contributed by atoms with Crippen LogP contribution in [0.2, 0.25) is 0 Å². The van der Waals surface area contributed by atoms with Crippen molar-refractivity contribution in [3.8, 4) is 16.9 Å². The Morgan fingerprint density at radius 1 is 0.773 bits per heavy atom. The van der Waals surface area contributed by atoms with Crippen LogP contribution in [0.3, 0.4) is 0 Å². The van der Waals surface area contributed by atoms with Gasteiger partial charge in [0.1, 0.15) is 23.1 Å². The van der Waals surface area contributed by atoms with Crippen LogP contribution in [0.25, 0.3) is 27.6 Å². The number of halogens is 2. The zero-order valence-corrected chi connectivity index (χ0v) is 43.6. The fourth-order valence-corrected chi connectivity index (χ4v) is 12.6. The van der Waals surface area contributed by atoms with Crippen molar-refractivity contribution in [3.63, 3.8) is 0 Å². The minimum Gasteiger partial charge on any atom is -0.496 e. The van der Waals surface area contributed by atoms with Crippen LogP contribution < -0.4 is 24.3 Å². The Balaban J connectivity index is 0.692. The Morgan fingerprint density at radius 2 is 1.59 bits per heavy atom. The van der Waals surface area contributed by atoms with Crippen LogP contribution in [0, 0.1) is 17.6 Å². The number of hydrogen-bond donors (Lipinski definition) is 1. The Bertz CT molecular complexity index is 3020. The van der Waals surface area contributed by atoms with Crippen LogP contribution in [0.1, 0.15) is 73.8 Å². The standard InChI is InChI=1S/C58H70F2N12O3/c1-65(2)58(74)50-38-49-48(37-47(56(60)57(49)63-50)41-9-6-23-69(39-41)55(73)19-27-70-29-21-62-64-70)46-14-13-43(35-53(46)75-3)68-32-30-66(31-33-68)22-5-8-40-16-25-67(26-17-40)44-15-20-61-54(36-44)72-28-18-52-51(72)12-7-24-71(52)45-11-4-10-42(59)34-45/h4,9-11,13-15,20-21,29,34-38,40,51-52,63H,5-8,12,16-19,22-28,30-33,39H2,1-3H3/t51-,52-/m1/s1. The molecule has 2 amide bonds. The summed E-state index contributed by atoms with van der Waals surface area (Å²) in [5.74, 6) is 1.53. The number of rotatable bonds is 15. The van der Waals surface area contributed by atoms with Crippen LogP contribution in [-0.2, 0) is 11.3 Å². The summed E-state index contributed by atoms with van der Waals surface area (Å²) in [4.78, 5) is 50.4. The molecule has 3 aromatic heterocycles. The molecule has 0 radical (unpaired) electrons. The van der Waals surface area contributed by atoms with Crippen LogP contribution in [0.5, 0.6) is 5.75 Å². The SMILES string of the molecule is COc1cc(N2CCN(CCCC3CCN(c4ccnc(N5CC[C@@H]6[C@H]5CCCN6c5cccc(F)c5)c4)CC3)CC2)ccc1-c1cc(C2=CCCN(C(=O)CCn3ccnn3)C2)c(F)c2[nH]c(C(=O)N(C)C)cc12. The van der Waals surface area contributed by atoms with E-state index in [-0.39, 0.29) is 41.8 Å². The van der Waals surface area contributed by atoms with Gasteiger partial charge in [-0.1, -0.05) is 17.4 Å². The number of H-pyrrole nitrogens is 1. The van der Waals surface area contributed by atoms with E-state index in [0.717, 1.165) is 112 Å². The number of carbonyl (C=O) groups is 2. The summed E-state index contributed by atoms with van der Waals surface area (Å²) in [6.45, 7) is 10.2. The predicted octanol–water partition coefficient (Wildman–Crippen LogP) is 8.58. The lowest BCUT2D eigenvalue weighted by atomic mass is 9.92.